The number of nitrogens with one attached hydrogen (secondary N) is 2. The van der Waals surface area contributed by atoms with Crippen LogP contribution in [0.25, 0.3) is 0 Å². The fourth-order valence-electron chi connectivity index (χ4n) is 2.12. The zero-order valence-electron chi connectivity index (χ0n) is 12.2. The molecule has 1 aromatic carbocycles. The van der Waals surface area contributed by atoms with Gasteiger partial charge in [0.05, 0.1) is 11.4 Å². The molecule has 0 atom stereocenters. The Bertz CT molecular complexity index is 507. The molecule has 1 aliphatic heterocycles. The lowest BCUT2D eigenvalue weighted by atomic mass is 10.2. The maximum Gasteiger partial charge on any atom is 0.240 e. The molecule has 2 rings (SSSR count). The summed E-state index contributed by atoms with van der Waals surface area (Å²) in [5.74, 6) is 0.254. The normalized spacial score (nSPS) is 14.0. The first-order valence-corrected chi connectivity index (χ1v) is 8.20. The second-order valence-electron chi connectivity index (χ2n) is 4.84. The zero-order chi connectivity index (χ0) is 15.1. The van der Waals surface area contributed by atoms with E-state index in [0.717, 1.165) is 30.1 Å². The van der Waals surface area contributed by atoms with Crippen LogP contribution in [0.3, 0.4) is 0 Å². The third kappa shape index (κ3) is 4.47. The van der Waals surface area contributed by atoms with Gasteiger partial charge in [-0.05, 0) is 25.1 Å². The van der Waals surface area contributed by atoms with E-state index in [1.165, 1.54) is 11.8 Å². The SMILES string of the molecule is CCCNCCNC(=O)CN1C(=O)CSc2ccccc21. The molecule has 21 heavy (non-hydrogen) atoms. The molecule has 6 heteroatoms. The average Bonchev–Trinajstić information content (AvgIpc) is 2.50. The zero-order valence-corrected chi connectivity index (χ0v) is 13.0. The number of nitrogens with zero attached hydrogens (tertiary/aromatic N) is 1. The van der Waals surface area contributed by atoms with Crippen LogP contribution in [-0.4, -0.2) is 43.7 Å². The number of carbonyl (C=O) groups is 2. The summed E-state index contributed by atoms with van der Waals surface area (Å²) in [6, 6.07) is 7.69. The third-order valence-corrected chi connectivity index (χ3v) is 4.21. The van der Waals surface area contributed by atoms with Crippen molar-refractivity contribution in [1.29, 1.82) is 0 Å². The fraction of sp³-hybridized carbons (Fsp3) is 0.467. The van der Waals surface area contributed by atoms with Gasteiger partial charge < -0.3 is 15.5 Å². The molecule has 0 aliphatic carbocycles. The summed E-state index contributed by atoms with van der Waals surface area (Å²) in [5, 5.41) is 6.06. The standard InChI is InChI=1S/C15H21N3O2S/c1-2-7-16-8-9-17-14(19)10-18-12-5-3-4-6-13(12)21-11-15(18)20/h3-6,16H,2,7-11H2,1H3,(H,17,19). The minimum absolute atomic E-state index is 0.0158. The molecule has 114 valence electrons. The molecule has 1 aliphatic rings. The predicted octanol–water partition coefficient (Wildman–Crippen LogP) is 1.24. The van der Waals surface area contributed by atoms with Crippen LogP contribution in [0.2, 0.25) is 0 Å². The molecular formula is C15H21N3O2S. The van der Waals surface area contributed by atoms with Crippen LogP contribution in [-0.2, 0) is 9.59 Å². The van der Waals surface area contributed by atoms with Crippen LogP contribution in [0, 0.1) is 0 Å². The largest absolute Gasteiger partial charge is 0.353 e. The van der Waals surface area contributed by atoms with E-state index in [-0.39, 0.29) is 18.4 Å². The van der Waals surface area contributed by atoms with Crippen LogP contribution < -0.4 is 15.5 Å². The first-order chi connectivity index (χ1) is 10.2. The molecule has 0 bridgehead atoms. The van der Waals surface area contributed by atoms with Gasteiger partial charge in [0.2, 0.25) is 11.8 Å². The van der Waals surface area contributed by atoms with E-state index in [1.807, 2.05) is 24.3 Å². The van der Waals surface area contributed by atoms with Gasteiger partial charge in [-0.2, -0.15) is 0 Å². The monoisotopic (exact) mass is 307 g/mol. The van der Waals surface area contributed by atoms with Crippen molar-refractivity contribution >= 4 is 29.3 Å². The molecule has 0 radical (unpaired) electrons. The van der Waals surface area contributed by atoms with Gasteiger partial charge in [-0.25, -0.2) is 0 Å². The molecular weight excluding hydrogens is 286 g/mol. The number of amides is 2. The number of thioether (sulfide) groups is 1. The number of fused-ring (bicyclic) bond motifs is 1. The number of anilines is 1. The number of rotatable bonds is 7. The topological polar surface area (TPSA) is 61.4 Å². The Kier molecular flexibility index (Phi) is 6.07. The summed E-state index contributed by atoms with van der Waals surface area (Å²) in [7, 11) is 0. The lowest BCUT2D eigenvalue weighted by Gasteiger charge is -2.28. The highest BCUT2D eigenvalue weighted by molar-refractivity contribution is 8.00. The van der Waals surface area contributed by atoms with Gasteiger partial charge in [-0.3, -0.25) is 9.59 Å². The van der Waals surface area contributed by atoms with E-state index in [4.69, 9.17) is 0 Å². The molecule has 0 saturated carbocycles. The summed E-state index contributed by atoms with van der Waals surface area (Å²) in [6.45, 7) is 4.47. The second kappa shape index (κ2) is 8.05. The third-order valence-electron chi connectivity index (χ3n) is 3.16. The van der Waals surface area contributed by atoms with Crippen molar-refractivity contribution in [3.8, 4) is 0 Å². The molecule has 1 aromatic rings. The number of hydrogen-bond donors (Lipinski definition) is 2. The summed E-state index contributed by atoms with van der Waals surface area (Å²) >= 11 is 1.52. The van der Waals surface area contributed by atoms with Crippen molar-refractivity contribution in [2.75, 3.05) is 36.8 Å². The smallest absolute Gasteiger partial charge is 0.240 e. The summed E-state index contributed by atoms with van der Waals surface area (Å²) < 4.78 is 0. The molecule has 2 amide bonds. The van der Waals surface area contributed by atoms with Gasteiger partial charge in [-0.1, -0.05) is 19.1 Å². The molecule has 1 heterocycles. The van der Waals surface area contributed by atoms with E-state index in [9.17, 15) is 9.59 Å². The van der Waals surface area contributed by atoms with Crippen LogP contribution >= 0.6 is 11.8 Å². The van der Waals surface area contributed by atoms with Crippen molar-refractivity contribution in [3.05, 3.63) is 24.3 Å². The number of carbonyl (C=O) groups excluding carboxylic acids is 2. The Morgan fingerprint density at radius 2 is 2.10 bits per heavy atom. The van der Waals surface area contributed by atoms with Crippen molar-refractivity contribution < 1.29 is 9.59 Å². The number of benzene rings is 1. The first kappa shape index (κ1) is 15.9. The summed E-state index contributed by atoms with van der Waals surface area (Å²) in [6.07, 6.45) is 1.07. The number of para-hydroxylation sites is 1. The number of hydrogen-bond acceptors (Lipinski definition) is 4. The molecule has 0 spiro atoms. The van der Waals surface area contributed by atoms with E-state index >= 15 is 0 Å². The second-order valence-corrected chi connectivity index (χ2v) is 5.85. The van der Waals surface area contributed by atoms with Gasteiger partial charge in [0.15, 0.2) is 0 Å². The van der Waals surface area contributed by atoms with Gasteiger partial charge in [0, 0.05) is 18.0 Å². The Morgan fingerprint density at radius 1 is 1.29 bits per heavy atom. The average molecular weight is 307 g/mol. The molecule has 0 fully saturated rings. The maximum atomic E-state index is 12.0. The van der Waals surface area contributed by atoms with Crippen molar-refractivity contribution in [3.63, 3.8) is 0 Å². The molecule has 0 aromatic heterocycles. The van der Waals surface area contributed by atoms with E-state index in [0.29, 0.717) is 12.3 Å². The van der Waals surface area contributed by atoms with Crippen LogP contribution in [0.4, 0.5) is 5.69 Å². The van der Waals surface area contributed by atoms with Gasteiger partial charge in [0.1, 0.15) is 6.54 Å². The minimum atomic E-state index is -0.122. The van der Waals surface area contributed by atoms with Gasteiger partial charge in [-0.15, -0.1) is 11.8 Å². The van der Waals surface area contributed by atoms with Crippen LogP contribution in [0.15, 0.2) is 29.2 Å². The van der Waals surface area contributed by atoms with Crippen LogP contribution in [0.1, 0.15) is 13.3 Å². The molecule has 0 saturated heterocycles. The van der Waals surface area contributed by atoms with Crippen molar-refractivity contribution in [1.82, 2.24) is 10.6 Å². The lowest BCUT2D eigenvalue weighted by molar-refractivity contribution is -0.122. The van der Waals surface area contributed by atoms with Crippen molar-refractivity contribution in [2.45, 2.75) is 18.2 Å². The van der Waals surface area contributed by atoms with E-state index in [1.54, 1.807) is 4.90 Å². The molecule has 0 unspecified atom stereocenters. The Balaban J connectivity index is 1.87. The van der Waals surface area contributed by atoms with E-state index < -0.39 is 0 Å². The molecule has 2 N–H and O–H groups in total. The highest BCUT2D eigenvalue weighted by Gasteiger charge is 2.25. The first-order valence-electron chi connectivity index (χ1n) is 7.22. The summed E-state index contributed by atoms with van der Waals surface area (Å²) in [5.41, 5.74) is 0.831. The van der Waals surface area contributed by atoms with Gasteiger partial charge in [0.25, 0.3) is 0 Å². The predicted molar refractivity (Wildman–Crippen MR) is 85.7 cm³/mol. The maximum absolute atomic E-state index is 12.0. The summed E-state index contributed by atoms with van der Waals surface area (Å²) in [4.78, 5) is 26.6. The Labute approximate surface area is 129 Å². The minimum Gasteiger partial charge on any atom is -0.353 e. The van der Waals surface area contributed by atoms with Gasteiger partial charge >= 0.3 is 0 Å². The highest BCUT2D eigenvalue weighted by Crippen LogP contribution is 2.34. The van der Waals surface area contributed by atoms with Crippen LogP contribution in [0.5, 0.6) is 0 Å². The van der Waals surface area contributed by atoms with Crippen molar-refractivity contribution in [2.24, 2.45) is 0 Å². The highest BCUT2D eigenvalue weighted by atomic mass is 32.2. The lowest BCUT2D eigenvalue weighted by Crippen LogP contribution is -2.44. The quantitative estimate of drug-likeness (QED) is 0.744. The molecule has 5 nitrogen and oxygen atoms in total. The van der Waals surface area contributed by atoms with E-state index in [2.05, 4.69) is 17.6 Å². The Hall–Kier alpha value is -1.53. The fourth-order valence-corrected chi connectivity index (χ4v) is 3.05. The Morgan fingerprint density at radius 3 is 2.90 bits per heavy atom.